The molecule has 1 saturated carbocycles. The molecule has 0 radical (unpaired) electrons. The standard InChI is InChI=1S/C32H46N2O12/c1-33-18-44-28-27(38)26(37)25(16-36)45-32(28)46-31-23(13-19-6-4-3-5-7-19)22(24(17-43-31)30(41)42-2)9-8-20-12-21(29(39)40)15-34(14-20)10-11-35/h8-9,12-13,15,17,22-23,25-28,31-33,35-38H,3-7,10-11,14,16,18H2,1-2H3,(H,39,40)/p+1. The molecule has 0 aromatic rings. The highest BCUT2D eigenvalue weighted by atomic mass is 16.8. The maximum absolute atomic E-state index is 13.0. The predicted octanol–water partition coefficient (Wildman–Crippen LogP) is -1.12. The summed E-state index contributed by atoms with van der Waals surface area (Å²) < 4.78 is 29.0. The fourth-order valence-corrected chi connectivity index (χ4v) is 6.21. The van der Waals surface area contributed by atoms with Gasteiger partial charge in [-0.15, -0.1) is 0 Å². The molecule has 14 heteroatoms. The minimum absolute atomic E-state index is 0.00932. The minimum atomic E-state index is -1.45. The number of ether oxygens (including phenoxy) is 5. The van der Waals surface area contributed by atoms with Gasteiger partial charge in [-0.3, -0.25) is 5.32 Å². The van der Waals surface area contributed by atoms with E-state index in [2.05, 4.69) is 5.32 Å². The largest absolute Gasteiger partial charge is 0.477 e. The van der Waals surface area contributed by atoms with Crippen LogP contribution in [0.15, 0.2) is 59.1 Å². The van der Waals surface area contributed by atoms with Crippen molar-refractivity contribution in [3.8, 4) is 0 Å². The molecule has 2 fully saturated rings. The molecule has 0 spiro atoms. The van der Waals surface area contributed by atoms with Crippen LogP contribution in [0.4, 0.5) is 0 Å². The Hall–Kier alpha value is -2.92. The van der Waals surface area contributed by atoms with E-state index in [1.165, 1.54) is 18.9 Å². The lowest BCUT2D eigenvalue weighted by molar-refractivity contribution is -0.842. The number of rotatable bonds is 13. The van der Waals surface area contributed by atoms with Gasteiger partial charge in [0.1, 0.15) is 49.3 Å². The number of hydrogen-bond acceptors (Lipinski definition) is 12. The molecule has 7 N–H and O–H groups in total. The van der Waals surface area contributed by atoms with Crippen LogP contribution < -0.4 is 10.2 Å². The summed E-state index contributed by atoms with van der Waals surface area (Å²) >= 11 is 0. The second kappa shape index (κ2) is 17.3. The van der Waals surface area contributed by atoms with Crippen LogP contribution >= 0.6 is 0 Å². The molecule has 0 bridgehead atoms. The number of quaternary nitrogens is 1. The third kappa shape index (κ3) is 8.91. The van der Waals surface area contributed by atoms with Crippen LogP contribution in [0.3, 0.4) is 0 Å². The third-order valence-corrected chi connectivity index (χ3v) is 8.60. The van der Waals surface area contributed by atoms with E-state index < -0.39 is 67.4 Å². The van der Waals surface area contributed by atoms with E-state index in [4.69, 9.17) is 23.7 Å². The molecule has 0 amide bonds. The SMILES string of the molecule is CNCOC1C(OC2OC=C(C(=O)OC)C(C=CC3=CC(C(=O)O)=C[NH+](CCO)C3)C2C=C2CCCCC2)OC(CO)C(O)C1O. The maximum Gasteiger partial charge on any atom is 0.341 e. The van der Waals surface area contributed by atoms with E-state index in [1.807, 2.05) is 6.08 Å². The molecule has 256 valence electrons. The number of esters is 1. The van der Waals surface area contributed by atoms with E-state index in [1.54, 1.807) is 31.5 Å². The van der Waals surface area contributed by atoms with Gasteiger partial charge in [-0.2, -0.15) is 0 Å². The van der Waals surface area contributed by atoms with Gasteiger partial charge in [0.15, 0.2) is 6.29 Å². The van der Waals surface area contributed by atoms with E-state index >= 15 is 0 Å². The van der Waals surface area contributed by atoms with Crippen LogP contribution in [-0.4, -0.2) is 122 Å². The monoisotopic (exact) mass is 651 g/mol. The van der Waals surface area contributed by atoms with Crippen molar-refractivity contribution in [2.24, 2.45) is 11.8 Å². The highest BCUT2D eigenvalue weighted by Gasteiger charge is 2.48. The van der Waals surface area contributed by atoms with Crippen LogP contribution in [0.2, 0.25) is 0 Å². The summed E-state index contributed by atoms with van der Waals surface area (Å²) in [4.78, 5) is 25.6. The third-order valence-electron chi connectivity index (χ3n) is 8.60. The van der Waals surface area contributed by atoms with Gasteiger partial charge in [0.05, 0.1) is 44.8 Å². The average molecular weight is 652 g/mol. The van der Waals surface area contributed by atoms with Crippen molar-refractivity contribution in [2.75, 3.05) is 47.2 Å². The Bertz CT molecular complexity index is 1210. The molecule has 46 heavy (non-hydrogen) atoms. The van der Waals surface area contributed by atoms with Crippen LogP contribution in [0.25, 0.3) is 0 Å². The summed E-state index contributed by atoms with van der Waals surface area (Å²) in [6.45, 7) is 0.0544. The van der Waals surface area contributed by atoms with E-state index in [0.717, 1.165) is 37.0 Å². The van der Waals surface area contributed by atoms with Crippen molar-refractivity contribution in [3.63, 3.8) is 0 Å². The topological polar surface area (TPSA) is 198 Å². The predicted molar refractivity (Wildman–Crippen MR) is 161 cm³/mol. The van der Waals surface area contributed by atoms with Crippen LogP contribution in [0, 0.1) is 11.8 Å². The first-order valence-electron chi connectivity index (χ1n) is 15.7. The highest BCUT2D eigenvalue weighted by molar-refractivity contribution is 5.90. The van der Waals surface area contributed by atoms with E-state index in [-0.39, 0.29) is 24.5 Å². The molecule has 0 aromatic carbocycles. The first-order valence-corrected chi connectivity index (χ1v) is 15.7. The van der Waals surface area contributed by atoms with Crippen molar-refractivity contribution in [3.05, 3.63) is 59.1 Å². The highest BCUT2D eigenvalue weighted by Crippen LogP contribution is 2.39. The number of aliphatic hydroxyl groups excluding tert-OH is 4. The Morgan fingerprint density at radius 2 is 1.89 bits per heavy atom. The van der Waals surface area contributed by atoms with E-state index in [9.17, 15) is 35.1 Å². The number of allylic oxidation sites excluding steroid dienone is 2. The first-order chi connectivity index (χ1) is 22.2. The van der Waals surface area contributed by atoms with Gasteiger partial charge < -0.3 is 54.1 Å². The molecule has 4 rings (SSSR count). The Morgan fingerprint density at radius 1 is 1.13 bits per heavy atom. The van der Waals surface area contributed by atoms with Crippen molar-refractivity contribution >= 4 is 11.9 Å². The van der Waals surface area contributed by atoms with Gasteiger partial charge in [0, 0.05) is 11.5 Å². The fraction of sp³-hybridized carbons (Fsp3) is 0.625. The van der Waals surface area contributed by atoms with Crippen molar-refractivity contribution in [1.29, 1.82) is 0 Å². The lowest BCUT2D eigenvalue weighted by atomic mass is 9.80. The number of carboxylic acid groups (broad SMARTS) is 1. The smallest absolute Gasteiger partial charge is 0.341 e. The summed E-state index contributed by atoms with van der Waals surface area (Å²) in [5.74, 6) is -2.95. The summed E-state index contributed by atoms with van der Waals surface area (Å²) in [6, 6.07) is 0. The number of aliphatic hydroxyl groups is 4. The summed E-state index contributed by atoms with van der Waals surface area (Å²) in [6.07, 6.45) is 7.35. The van der Waals surface area contributed by atoms with Gasteiger partial charge in [-0.05, 0) is 38.8 Å². The zero-order valence-corrected chi connectivity index (χ0v) is 26.2. The Balaban J connectivity index is 1.72. The Kier molecular flexibility index (Phi) is 13.5. The number of carbonyl (C=O) groups excluding carboxylic acids is 1. The number of aliphatic carboxylic acids is 1. The molecule has 9 unspecified atom stereocenters. The minimum Gasteiger partial charge on any atom is -0.477 e. The molecule has 9 atom stereocenters. The lowest BCUT2D eigenvalue weighted by Crippen LogP contribution is -3.08. The summed E-state index contributed by atoms with van der Waals surface area (Å²) in [7, 11) is 2.92. The maximum atomic E-state index is 13.0. The fourth-order valence-electron chi connectivity index (χ4n) is 6.21. The molecule has 1 saturated heterocycles. The second-order valence-corrected chi connectivity index (χ2v) is 11.8. The van der Waals surface area contributed by atoms with Crippen molar-refractivity contribution < 1.29 is 63.7 Å². The van der Waals surface area contributed by atoms with Gasteiger partial charge >= 0.3 is 11.9 Å². The molecular weight excluding hydrogens is 604 g/mol. The molecule has 3 aliphatic heterocycles. The van der Waals surface area contributed by atoms with Crippen LogP contribution in [-0.2, 0) is 33.3 Å². The van der Waals surface area contributed by atoms with Gasteiger partial charge in [-0.1, -0.05) is 30.2 Å². The van der Waals surface area contributed by atoms with Crippen LogP contribution in [0.5, 0.6) is 0 Å². The molecule has 1 aliphatic carbocycles. The normalized spacial score (nSPS) is 33.5. The van der Waals surface area contributed by atoms with Gasteiger partial charge in [-0.25, -0.2) is 9.59 Å². The van der Waals surface area contributed by atoms with E-state index in [0.29, 0.717) is 18.7 Å². The first kappa shape index (κ1) is 35.9. The zero-order chi connectivity index (χ0) is 33.2. The molecule has 14 nitrogen and oxygen atoms in total. The second-order valence-electron chi connectivity index (χ2n) is 11.8. The number of hydrogen-bond donors (Lipinski definition) is 7. The van der Waals surface area contributed by atoms with Crippen molar-refractivity contribution in [1.82, 2.24) is 5.32 Å². The summed E-state index contributed by atoms with van der Waals surface area (Å²) in [5, 5.41) is 53.1. The number of carboxylic acids is 1. The number of methoxy groups -OCH3 is 1. The molecule has 4 aliphatic rings. The number of carbonyl (C=O) groups is 2. The lowest BCUT2D eigenvalue weighted by Gasteiger charge is -2.44. The Morgan fingerprint density at radius 3 is 2.54 bits per heavy atom. The molecule has 3 heterocycles. The van der Waals surface area contributed by atoms with Crippen molar-refractivity contribution in [2.45, 2.75) is 69.1 Å². The quantitative estimate of drug-likeness (QED) is 0.0719. The number of nitrogens with one attached hydrogen (secondary N) is 2. The average Bonchev–Trinajstić information content (AvgIpc) is 3.06. The van der Waals surface area contributed by atoms with Gasteiger partial charge in [0.2, 0.25) is 6.29 Å². The Labute approximate surface area is 268 Å². The van der Waals surface area contributed by atoms with Crippen LogP contribution in [0.1, 0.15) is 32.1 Å². The zero-order valence-electron chi connectivity index (χ0n) is 26.2. The summed E-state index contributed by atoms with van der Waals surface area (Å²) in [5.41, 5.74) is 2.16. The van der Waals surface area contributed by atoms with Gasteiger partial charge in [0.25, 0.3) is 0 Å². The molecule has 0 aromatic heterocycles. The molecular formula is C32H47N2O12+.